The van der Waals surface area contributed by atoms with Crippen molar-refractivity contribution in [2.45, 2.75) is 19.4 Å². The number of ether oxygens (including phenoxy) is 2. The molecule has 0 radical (unpaired) electrons. The summed E-state index contributed by atoms with van der Waals surface area (Å²) in [6, 6.07) is 6.15. The Morgan fingerprint density at radius 1 is 1.32 bits per heavy atom. The molecule has 0 bridgehead atoms. The highest BCUT2D eigenvalue weighted by Gasteiger charge is 2.24. The van der Waals surface area contributed by atoms with E-state index in [-0.39, 0.29) is 35.9 Å². The highest BCUT2D eigenvalue weighted by Crippen LogP contribution is 2.23. The lowest BCUT2D eigenvalue weighted by Crippen LogP contribution is -2.35. The number of carbonyl (C=O) groups excluding carboxylic acids is 2. The second kappa shape index (κ2) is 10.1. The van der Waals surface area contributed by atoms with Gasteiger partial charge in [-0.2, -0.15) is 0 Å². The average molecular weight is 385 g/mol. The van der Waals surface area contributed by atoms with Crippen LogP contribution in [0.2, 0.25) is 0 Å². The van der Waals surface area contributed by atoms with Crippen molar-refractivity contribution in [1.29, 1.82) is 0 Å². The standard InChI is InChI=1S/C21H23NO6/c1-4-12-27-21(25)22-19(14(2)8-7-11-18(23)26-3)16-13-28-17-10-6-5-9-15(17)20(16)24/h4-10,13-14,19H,1,11-12H2,2-3H3,(H,22,25)/t14-,19+/m0/s1. The summed E-state index contributed by atoms with van der Waals surface area (Å²) in [7, 11) is 1.31. The van der Waals surface area contributed by atoms with Crippen molar-refractivity contribution in [2.24, 2.45) is 5.92 Å². The van der Waals surface area contributed by atoms with E-state index in [1.54, 1.807) is 43.3 Å². The minimum absolute atomic E-state index is 0.0391. The summed E-state index contributed by atoms with van der Waals surface area (Å²) in [5.41, 5.74) is 0.492. The molecule has 148 valence electrons. The molecule has 1 amide bonds. The fourth-order valence-corrected chi connectivity index (χ4v) is 2.68. The summed E-state index contributed by atoms with van der Waals surface area (Å²) < 4.78 is 15.2. The number of methoxy groups -OCH3 is 1. The quantitative estimate of drug-likeness (QED) is 0.552. The Bertz CT molecular complexity index is 930. The van der Waals surface area contributed by atoms with Gasteiger partial charge in [0.15, 0.2) is 5.43 Å². The Balaban J connectivity index is 2.36. The van der Waals surface area contributed by atoms with Crippen LogP contribution in [0.3, 0.4) is 0 Å². The molecule has 7 heteroatoms. The zero-order valence-electron chi connectivity index (χ0n) is 15.8. The maximum absolute atomic E-state index is 12.9. The molecule has 1 aromatic carbocycles. The number of alkyl carbamates (subject to hydrolysis) is 1. The molecule has 0 spiro atoms. The Hall–Kier alpha value is -3.35. The number of esters is 1. The Morgan fingerprint density at radius 3 is 2.79 bits per heavy atom. The minimum Gasteiger partial charge on any atom is -0.469 e. The van der Waals surface area contributed by atoms with Gasteiger partial charge in [0.1, 0.15) is 18.5 Å². The molecular formula is C21H23NO6. The Labute approximate surface area is 162 Å². The fraction of sp³-hybridized carbons (Fsp3) is 0.286. The second-order valence-electron chi connectivity index (χ2n) is 6.09. The molecule has 2 atom stereocenters. The van der Waals surface area contributed by atoms with E-state index in [0.717, 1.165) is 0 Å². The van der Waals surface area contributed by atoms with Gasteiger partial charge in [0.2, 0.25) is 0 Å². The van der Waals surface area contributed by atoms with Gasteiger partial charge in [-0.3, -0.25) is 9.59 Å². The molecule has 2 aromatic rings. The molecule has 1 N–H and O–H groups in total. The first-order valence-electron chi connectivity index (χ1n) is 8.76. The maximum Gasteiger partial charge on any atom is 0.407 e. The van der Waals surface area contributed by atoms with E-state index in [1.807, 2.05) is 0 Å². The second-order valence-corrected chi connectivity index (χ2v) is 6.09. The third-order valence-electron chi connectivity index (χ3n) is 4.13. The minimum atomic E-state index is -0.716. The van der Waals surface area contributed by atoms with E-state index in [9.17, 15) is 14.4 Å². The molecule has 0 aliphatic rings. The van der Waals surface area contributed by atoms with Crippen LogP contribution in [0.1, 0.15) is 24.9 Å². The lowest BCUT2D eigenvalue weighted by atomic mass is 9.94. The van der Waals surface area contributed by atoms with Crippen LogP contribution in [-0.4, -0.2) is 25.8 Å². The topological polar surface area (TPSA) is 94.8 Å². The van der Waals surface area contributed by atoms with Crippen molar-refractivity contribution in [1.82, 2.24) is 5.32 Å². The van der Waals surface area contributed by atoms with E-state index < -0.39 is 12.1 Å². The van der Waals surface area contributed by atoms with Gasteiger partial charge in [-0.1, -0.05) is 43.9 Å². The SMILES string of the molecule is C=CCOC(=O)N[C@@H](c1coc2ccccc2c1=O)[C@@H](C)C=CCC(=O)OC. The van der Waals surface area contributed by atoms with Crippen LogP contribution in [0.4, 0.5) is 4.79 Å². The molecule has 0 saturated heterocycles. The van der Waals surface area contributed by atoms with Crippen LogP contribution in [0.5, 0.6) is 0 Å². The number of hydrogen-bond donors (Lipinski definition) is 1. The first-order chi connectivity index (χ1) is 13.5. The molecule has 1 aromatic heterocycles. The van der Waals surface area contributed by atoms with Crippen LogP contribution in [-0.2, 0) is 14.3 Å². The molecule has 7 nitrogen and oxygen atoms in total. The van der Waals surface area contributed by atoms with Crippen molar-refractivity contribution in [3.63, 3.8) is 0 Å². The number of carbonyl (C=O) groups is 2. The molecule has 0 saturated carbocycles. The van der Waals surface area contributed by atoms with Gasteiger partial charge in [-0.05, 0) is 18.1 Å². The van der Waals surface area contributed by atoms with Gasteiger partial charge in [0.05, 0.1) is 30.5 Å². The number of para-hydroxylation sites is 1. The van der Waals surface area contributed by atoms with Gasteiger partial charge < -0.3 is 19.2 Å². The number of hydrogen-bond acceptors (Lipinski definition) is 6. The normalized spacial score (nSPS) is 13.1. The van der Waals surface area contributed by atoms with Crippen LogP contribution in [0.25, 0.3) is 11.0 Å². The average Bonchev–Trinajstić information content (AvgIpc) is 2.71. The third-order valence-corrected chi connectivity index (χ3v) is 4.13. The smallest absolute Gasteiger partial charge is 0.407 e. The summed E-state index contributed by atoms with van der Waals surface area (Å²) >= 11 is 0. The molecular weight excluding hydrogens is 362 g/mol. The van der Waals surface area contributed by atoms with Crippen molar-refractivity contribution in [3.8, 4) is 0 Å². The van der Waals surface area contributed by atoms with Crippen molar-refractivity contribution in [2.75, 3.05) is 13.7 Å². The summed E-state index contributed by atoms with van der Waals surface area (Å²) in [5.74, 6) is -0.714. The number of amides is 1. The summed E-state index contributed by atoms with van der Waals surface area (Å²) in [6.07, 6.45) is 5.53. The number of fused-ring (bicyclic) bond motifs is 1. The van der Waals surface area contributed by atoms with Gasteiger partial charge in [0.25, 0.3) is 0 Å². The first-order valence-corrected chi connectivity index (χ1v) is 8.76. The number of benzene rings is 1. The van der Waals surface area contributed by atoms with Gasteiger partial charge >= 0.3 is 12.1 Å². The van der Waals surface area contributed by atoms with Crippen LogP contribution in [0, 0.1) is 5.92 Å². The first kappa shape index (κ1) is 21.0. The summed E-state index contributed by atoms with van der Waals surface area (Å²) in [5, 5.41) is 3.10. The lowest BCUT2D eigenvalue weighted by Gasteiger charge is -2.22. The predicted octanol–water partition coefficient (Wildman–Crippen LogP) is 3.50. The molecule has 0 aliphatic carbocycles. The van der Waals surface area contributed by atoms with Gasteiger partial charge in [0, 0.05) is 0 Å². The third kappa shape index (κ3) is 5.33. The van der Waals surface area contributed by atoms with Crippen molar-refractivity contribution in [3.05, 3.63) is 71.1 Å². The van der Waals surface area contributed by atoms with E-state index >= 15 is 0 Å². The fourth-order valence-electron chi connectivity index (χ4n) is 2.68. The predicted molar refractivity (Wildman–Crippen MR) is 105 cm³/mol. The number of rotatable bonds is 8. The zero-order valence-corrected chi connectivity index (χ0v) is 15.8. The lowest BCUT2D eigenvalue weighted by molar-refractivity contribution is -0.139. The molecule has 1 heterocycles. The zero-order chi connectivity index (χ0) is 20.5. The number of nitrogens with one attached hydrogen (secondary N) is 1. The van der Waals surface area contributed by atoms with Crippen molar-refractivity contribution < 1.29 is 23.5 Å². The van der Waals surface area contributed by atoms with Crippen LogP contribution in [0.15, 0.2) is 64.5 Å². The van der Waals surface area contributed by atoms with E-state index in [0.29, 0.717) is 11.0 Å². The van der Waals surface area contributed by atoms with E-state index in [4.69, 9.17) is 9.15 Å². The van der Waals surface area contributed by atoms with E-state index in [2.05, 4.69) is 16.6 Å². The van der Waals surface area contributed by atoms with Crippen LogP contribution < -0.4 is 10.7 Å². The van der Waals surface area contributed by atoms with Gasteiger partial charge in [-0.15, -0.1) is 0 Å². The highest BCUT2D eigenvalue weighted by atomic mass is 16.5. The Morgan fingerprint density at radius 2 is 2.07 bits per heavy atom. The maximum atomic E-state index is 12.9. The van der Waals surface area contributed by atoms with E-state index in [1.165, 1.54) is 19.4 Å². The molecule has 2 rings (SSSR count). The summed E-state index contributed by atoms with van der Waals surface area (Å²) in [6.45, 7) is 5.34. The molecule has 0 unspecified atom stereocenters. The van der Waals surface area contributed by atoms with Crippen molar-refractivity contribution >= 4 is 23.0 Å². The molecule has 28 heavy (non-hydrogen) atoms. The van der Waals surface area contributed by atoms with Crippen LogP contribution >= 0.6 is 0 Å². The Kier molecular flexibility index (Phi) is 7.56. The molecule has 0 aliphatic heterocycles. The largest absolute Gasteiger partial charge is 0.469 e. The monoisotopic (exact) mass is 385 g/mol. The highest BCUT2D eigenvalue weighted by molar-refractivity contribution is 5.77. The van der Waals surface area contributed by atoms with Gasteiger partial charge in [-0.25, -0.2) is 4.79 Å². The molecule has 0 fully saturated rings. The summed E-state index contributed by atoms with van der Waals surface area (Å²) in [4.78, 5) is 36.3.